The molecule has 20 heavy (non-hydrogen) atoms. The van der Waals surface area contributed by atoms with Crippen molar-refractivity contribution in [3.05, 3.63) is 39.9 Å². The third-order valence-electron chi connectivity index (χ3n) is 3.98. The van der Waals surface area contributed by atoms with Crippen LogP contribution in [-0.2, 0) is 6.54 Å². The molecule has 1 saturated heterocycles. The standard InChI is InChI=1S/C15H20N4O/c1-10-4-3-5-12-14(10)17-13(18-15(12)20)9-19-7-6-16-8-11(19)2/h3-5,11,16H,6-9H2,1-2H3,(H,17,18,20). The maximum Gasteiger partial charge on any atom is 0.258 e. The molecule has 0 amide bonds. The Bertz CT molecular complexity index is 679. The highest BCUT2D eigenvalue weighted by atomic mass is 16.1. The molecule has 1 aromatic heterocycles. The number of rotatable bonds is 2. The summed E-state index contributed by atoms with van der Waals surface area (Å²) < 4.78 is 0. The van der Waals surface area contributed by atoms with Crippen LogP contribution in [0.2, 0.25) is 0 Å². The van der Waals surface area contributed by atoms with Crippen molar-refractivity contribution in [3.8, 4) is 0 Å². The molecule has 0 bridgehead atoms. The van der Waals surface area contributed by atoms with Gasteiger partial charge in [-0.05, 0) is 25.5 Å². The van der Waals surface area contributed by atoms with Gasteiger partial charge in [0.2, 0.25) is 0 Å². The van der Waals surface area contributed by atoms with E-state index in [1.807, 2.05) is 25.1 Å². The Hall–Kier alpha value is -1.72. The molecule has 0 radical (unpaired) electrons. The Kier molecular flexibility index (Phi) is 3.54. The van der Waals surface area contributed by atoms with Gasteiger partial charge in [-0.3, -0.25) is 9.69 Å². The fourth-order valence-corrected chi connectivity index (χ4v) is 2.74. The van der Waals surface area contributed by atoms with Gasteiger partial charge < -0.3 is 10.3 Å². The first-order valence-electron chi connectivity index (χ1n) is 7.08. The van der Waals surface area contributed by atoms with Crippen molar-refractivity contribution in [1.82, 2.24) is 20.2 Å². The van der Waals surface area contributed by atoms with E-state index in [-0.39, 0.29) is 5.56 Å². The van der Waals surface area contributed by atoms with Crippen molar-refractivity contribution in [2.75, 3.05) is 19.6 Å². The van der Waals surface area contributed by atoms with Crippen LogP contribution in [0.5, 0.6) is 0 Å². The number of nitrogens with one attached hydrogen (secondary N) is 2. The Balaban J connectivity index is 1.96. The maximum atomic E-state index is 12.1. The summed E-state index contributed by atoms with van der Waals surface area (Å²) in [6.07, 6.45) is 0. The number of hydrogen-bond acceptors (Lipinski definition) is 4. The molecule has 1 atom stereocenters. The summed E-state index contributed by atoms with van der Waals surface area (Å²) >= 11 is 0. The lowest BCUT2D eigenvalue weighted by atomic mass is 10.1. The number of H-pyrrole nitrogens is 1. The van der Waals surface area contributed by atoms with Crippen LogP contribution in [0, 0.1) is 6.92 Å². The van der Waals surface area contributed by atoms with Crippen molar-refractivity contribution in [1.29, 1.82) is 0 Å². The molecule has 3 rings (SSSR count). The van der Waals surface area contributed by atoms with Crippen molar-refractivity contribution in [3.63, 3.8) is 0 Å². The number of piperazine rings is 1. The molecular weight excluding hydrogens is 252 g/mol. The molecule has 1 unspecified atom stereocenters. The minimum absolute atomic E-state index is 0.0449. The van der Waals surface area contributed by atoms with E-state index in [0.29, 0.717) is 18.0 Å². The first-order valence-corrected chi connectivity index (χ1v) is 7.08. The predicted molar refractivity (Wildman–Crippen MR) is 79.8 cm³/mol. The first-order chi connectivity index (χ1) is 9.65. The van der Waals surface area contributed by atoms with Gasteiger partial charge in [-0.15, -0.1) is 0 Å². The van der Waals surface area contributed by atoms with Gasteiger partial charge in [0.05, 0.1) is 17.4 Å². The van der Waals surface area contributed by atoms with Crippen LogP contribution in [-0.4, -0.2) is 40.5 Å². The highest BCUT2D eigenvalue weighted by Crippen LogP contribution is 2.13. The monoisotopic (exact) mass is 272 g/mol. The lowest BCUT2D eigenvalue weighted by Gasteiger charge is -2.33. The van der Waals surface area contributed by atoms with Gasteiger partial charge in [0, 0.05) is 25.7 Å². The molecule has 1 aliphatic heterocycles. The number of benzene rings is 1. The fraction of sp³-hybridized carbons (Fsp3) is 0.467. The Morgan fingerprint density at radius 2 is 2.30 bits per heavy atom. The van der Waals surface area contributed by atoms with Crippen LogP contribution in [0.1, 0.15) is 18.3 Å². The number of para-hydroxylation sites is 1. The number of aryl methyl sites for hydroxylation is 1. The summed E-state index contributed by atoms with van der Waals surface area (Å²) in [6.45, 7) is 7.83. The zero-order chi connectivity index (χ0) is 14.1. The molecule has 2 aromatic rings. The topological polar surface area (TPSA) is 61.0 Å². The molecule has 106 valence electrons. The van der Waals surface area contributed by atoms with Gasteiger partial charge in [-0.2, -0.15) is 0 Å². The number of hydrogen-bond donors (Lipinski definition) is 2. The second-order valence-corrected chi connectivity index (χ2v) is 5.51. The molecule has 1 aromatic carbocycles. The summed E-state index contributed by atoms with van der Waals surface area (Å²) in [5.74, 6) is 0.755. The molecule has 1 aliphatic rings. The smallest absolute Gasteiger partial charge is 0.258 e. The molecule has 1 fully saturated rings. The molecule has 2 N–H and O–H groups in total. The molecule has 0 aliphatic carbocycles. The summed E-state index contributed by atoms with van der Waals surface area (Å²) in [5, 5.41) is 4.03. The fourth-order valence-electron chi connectivity index (χ4n) is 2.74. The Morgan fingerprint density at radius 3 is 3.10 bits per heavy atom. The highest BCUT2D eigenvalue weighted by Gasteiger charge is 2.19. The van der Waals surface area contributed by atoms with E-state index in [2.05, 4.69) is 27.1 Å². The number of aromatic amines is 1. The normalized spacial score (nSPS) is 20.4. The minimum Gasteiger partial charge on any atom is -0.314 e. The van der Waals surface area contributed by atoms with Crippen molar-refractivity contribution < 1.29 is 0 Å². The van der Waals surface area contributed by atoms with Crippen molar-refractivity contribution in [2.24, 2.45) is 0 Å². The molecule has 0 saturated carbocycles. The molecule has 0 spiro atoms. The lowest BCUT2D eigenvalue weighted by Crippen LogP contribution is -2.49. The average Bonchev–Trinajstić information content (AvgIpc) is 2.43. The number of fused-ring (bicyclic) bond motifs is 1. The Morgan fingerprint density at radius 1 is 1.45 bits per heavy atom. The van der Waals surface area contributed by atoms with Gasteiger partial charge in [0.1, 0.15) is 5.82 Å². The highest BCUT2D eigenvalue weighted by molar-refractivity contribution is 5.80. The summed E-state index contributed by atoms with van der Waals surface area (Å²) in [5.41, 5.74) is 1.81. The quantitative estimate of drug-likeness (QED) is 0.857. The predicted octanol–water partition coefficient (Wildman–Crippen LogP) is 1.03. The van der Waals surface area contributed by atoms with E-state index in [4.69, 9.17) is 0 Å². The van der Waals surface area contributed by atoms with Crippen LogP contribution in [0.4, 0.5) is 0 Å². The van der Waals surface area contributed by atoms with E-state index in [9.17, 15) is 4.79 Å². The lowest BCUT2D eigenvalue weighted by molar-refractivity contribution is 0.162. The molecular formula is C15H20N4O. The Labute approximate surface area is 118 Å². The number of aromatic nitrogens is 2. The van der Waals surface area contributed by atoms with E-state index in [1.165, 1.54) is 0 Å². The minimum atomic E-state index is -0.0449. The molecule has 5 nitrogen and oxygen atoms in total. The van der Waals surface area contributed by atoms with Crippen LogP contribution >= 0.6 is 0 Å². The molecule has 2 heterocycles. The molecule has 5 heteroatoms. The zero-order valence-electron chi connectivity index (χ0n) is 11.9. The largest absolute Gasteiger partial charge is 0.314 e. The summed E-state index contributed by atoms with van der Waals surface area (Å²) in [6, 6.07) is 6.17. The van der Waals surface area contributed by atoms with Crippen LogP contribution in [0.15, 0.2) is 23.0 Å². The van der Waals surface area contributed by atoms with Gasteiger partial charge in [0.25, 0.3) is 5.56 Å². The number of nitrogens with zero attached hydrogens (tertiary/aromatic N) is 2. The van der Waals surface area contributed by atoms with Crippen LogP contribution in [0.3, 0.4) is 0 Å². The van der Waals surface area contributed by atoms with Gasteiger partial charge in [-0.1, -0.05) is 12.1 Å². The maximum absolute atomic E-state index is 12.1. The second-order valence-electron chi connectivity index (χ2n) is 5.51. The third-order valence-corrected chi connectivity index (χ3v) is 3.98. The van der Waals surface area contributed by atoms with E-state index < -0.39 is 0 Å². The third kappa shape index (κ3) is 2.46. The SMILES string of the molecule is Cc1cccc2c(=O)[nH]c(CN3CCNCC3C)nc12. The summed E-state index contributed by atoms with van der Waals surface area (Å²) in [7, 11) is 0. The van der Waals surface area contributed by atoms with Gasteiger partial charge >= 0.3 is 0 Å². The van der Waals surface area contributed by atoms with Gasteiger partial charge in [-0.25, -0.2) is 4.98 Å². The van der Waals surface area contributed by atoms with Gasteiger partial charge in [0.15, 0.2) is 0 Å². The summed E-state index contributed by atoms with van der Waals surface area (Å²) in [4.78, 5) is 22.1. The van der Waals surface area contributed by atoms with Crippen LogP contribution in [0.25, 0.3) is 10.9 Å². The van der Waals surface area contributed by atoms with E-state index in [0.717, 1.165) is 36.5 Å². The average molecular weight is 272 g/mol. The zero-order valence-corrected chi connectivity index (χ0v) is 11.9. The van der Waals surface area contributed by atoms with Crippen LogP contribution < -0.4 is 10.9 Å². The first kappa shape index (κ1) is 13.3. The van der Waals surface area contributed by atoms with Crippen molar-refractivity contribution in [2.45, 2.75) is 26.4 Å². The van der Waals surface area contributed by atoms with E-state index in [1.54, 1.807) is 0 Å². The second kappa shape index (κ2) is 5.34. The van der Waals surface area contributed by atoms with E-state index >= 15 is 0 Å². The van der Waals surface area contributed by atoms with Crippen molar-refractivity contribution >= 4 is 10.9 Å².